The maximum atomic E-state index is 14.0. The highest BCUT2D eigenvalue weighted by Crippen LogP contribution is 2.32. The number of allylic oxidation sites excluding steroid dienone is 1. The number of aromatic nitrogens is 2. The van der Waals surface area contributed by atoms with E-state index in [0.29, 0.717) is 30.2 Å². The molecule has 0 saturated heterocycles. The summed E-state index contributed by atoms with van der Waals surface area (Å²) in [6, 6.07) is 17.0. The molecule has 1 aliphatic heterocycles. The molecule has 1 aromatic heterocycles. The van der Waals surface area contributed by atoms with Crippen molar-refractivity contribution in [2.75, 3.05) is 20.8 Å². The van der Waals surface area contributed by atoms with Gasteiger partial charge in [-0.05, 0) is 75.4 Å². The minimum atomic E-state index is -1.11. The summed E-state index contributed by atoms with van der Waals surface area (Å²) >= 11 is 0. The van der Waals surface area contributed by atoms with Crippen molar-refractivity contribution >= 4 is 11.8 Å². The fourth-order valence-corrected chi connectivity index (χ4v) is 5.50. The molecule has 2 amide bonds. The number of carbonyl (C=O) groups is 2. The van der Waals surface area contributed by atoms with Gasteiger partial charge in [0, 0.05) is 24.2 Å². The molecule has 0 bridgehead atoms. The van der Waals surface area contributed by atoms with Gasteiger partial charge in [0.1, 0.15) is 22.7 Å². The number of carbonyl (C=O) groups excluding carboxylic acids is 2. The molecule has 1 aliphatic carbocycles. The Labute approximate surface area is 229 Å². The van der Waals surface area contributed by atoms with E-state index in [2.05, 4.69) is 11.4 Å². The van der Waals surface area contributed by atoms with Crippen LogP contribution in [0.1, 0.15) is 55.1 Å². The summed E-state index contributed by atoms with van der Waals surface area (Å²) in [5, 5.41) is 7.82. The molecule has 8 nitrogen and oxygen atoms in total. The van der Waals surface area contributed by atoms with Gasteiger partial charge in [-0.1, -0.05) is 29.8 Å². The summed E-state index contributed by atoms with van der Waals surface area (Å²) in [6.45, 7) is 2.89. The predicted molar refractivity (Wildman–Crippen MR) is 150 cm³/mol. The average Bonchev–Trinajstić information content (AvgIpc) is 3.40. The minimum Gasteiger partial charge on any atom is -0.497 e. The van der Waals surface area contributed by atoms with Gasteiger partial charge in [0.25, 0.3) is 5.91 Å². The number of rotatable bonds is 9. The van der Waals surface area contributed by atoms with E-state index in [1.807, 2.05) is 61.5 Å². The Morgan fingerprint density at radius 3 is 2.59 bits per heavy atom. The molecular weight excluding hydrogens is 492 g/mol. The zero-order valence-electron chi connectivity index (χ0n) is 22.9. The van der Waals surface area contributed by atoms with Crippen molar-refractivity contribution in [2.24, 2.45) is 0 Å². The second kappa shape index (κ2) is 11.4. The Hall–Kier alpha value is -4.07. The Bertz CT molecular complexity index is 1380. The summed E-state index contributed by atoms with van der Waals surface area (Å²) < 4.78 is 12.4. The lowest BCUT2D eigenvalue weighted by Crippen LogP contribution is -2.64. The zero-order valence-corrected chi connectivity index (χ0v) is 22.9. The van der Waals surface area contributed by atoms with Crippen LogP contribution in [0, 0.1) is 0 Å². The summed E-state index contributed by atoms with van der Waals surface area (Å²) in [7, 11) is 3.24. The number of methoxy groups -OCH3 is 2. The van der Waals surface area contributed by atoms with Gasteiger partial charge < -0.3 is 19.7 Å². The molecular formula is C31H36N4O4. The topological polar surface area (TPSA) is 85.7 Å². The first-order valence-electron chi connectivity index (χ1n) is 13.6. The van der Waals surface area contributed by atoms with Crippen molar-refractivity contribution in [3.8, 4) is 22.8 Å². The van der Waals surface area contributed by atoms with E-state index < -0.39 is 5.54 Å². The SMILES string of the molecule is COc1ccc(-c2cc3n(n2)CC(C)(C(=O)NCc2ccccc2OC)N(CCC2=CCCCC2)C3=O)cc1. The monoisotopic (exact) mass is 528 g/mol. The van der Waals surface area contributed by atoms with Crippen LogP contribution in [0.4, 0.5) is 0 Å². The lowest BCUT2D eigenvalue weighted by molar-refractivity contribution is -0.133. The molecule has 8 heteroatoms. The number of para-hydroxylation sites is 1. The van der Waals surface area contributed by atoms with Crippen LogP contribution >= 0.6 is 0 Å². The highest BCUT2D eigenvalue weighted by Gasteiger charge is 2.47. The van der Waals surface area contributed by atoms with E-state index in [1.165, 1.54) is 18.4 Å². The van der Waals surface area contributed by atoms with Crippen LogP contribution in [0.2, 0.25) is 0 Å². The van der Waals surface area contributed by atoms with Crippen molar-refractivity contribution in [1.29, 1.82) is 0 Å². The van der Waals surface area contributed by atoms with Crippen molar-refractivity contribution in [2.45, 2.75) is 57.7 Å². The van der Waals surface area contributed by atoms with Gasteiger partial charge >= 0.3 is 0 Å². The number of nitrogens with zero attached hydrogens (tertiary/aromatic N) is 3. The standard InChI is InChI=1S/C31H36N4O4/c1-31(30(37)32-20-24-11-7-8-12-28(24)39-3)21-35-27(19-26(33-35)23-13-15-25(38-2)16-14-23)29(36)34(31)18-17-22-9-5-4-6-10-22/h7-9,11-16,19H,4-6,10,17-18,20-21H2,1-3H3,(H,32,37). The highest BCUT2D eigenvalue weighted by molar-refractivity contribution is 6.00. The third kappa shape index (κ3) is 5.41. The van der Waals surface area contributed by atoms with Gasteiger partial charge in [0.2, 0.25) is 5.91 Å². The summed E-state index contributed by atoms with van der Waals surface area (Å²) in [6.07, 6.45) is 7.58. The largest absolute Gasteiger partial charge is 0.497 e. The number of ether oxygens (including phenoxy) is 2. The van der Waals surface area contributed by atoms with E-state index in [4.69, 9.17) is 14.6 Å². The number of benzene rings is 2. The molecule has 3 aromatic rings. The number of hydrogen-bond acceptors (Lipinski definition) is 5. The second-order valence-corrected chi connectivity index (χ2v) is 10.4. The fraction of sp³-hybridized carbons (Fsp3) is 0.387. The van der Waals surface area contributed by atoms with E-state index in [1.54, 1.807) is 23.8 Å². The number of nitrogens with one attached hydrogen (secondary N) is 1. The number of amides is 2. The van der Waals surface area contributed by atoms with Crippen LogP contribution in [0.3, 0.4) is 0 Å². The molecule has 0 spiro atoms. The molecule has 2 aromatic carbocycles. The molecule has 1 N–H and O–H groups in total. The molecule has 2 heterocycles. The summed E-state index contributed by atoms with van der Waals surface area (Å²) in [4.78, 5) is 29.5. The van der Waals surface area contributed by atoms with E-state index >= 15 is 0 Å². The minimum absolute atomic E-state index is 0.181. The fourth-order valence-electron chi connectivity index (χ4n) is 5.50. The maximum Gasteiger partial charge on any atom is 0.273 e. The van der Waals surface area contributed by atoms with Gasteiger partial charge in [0.15, 0.2) is 0 Å². The van der Waals surface area contributed by atoms with Gasteiger partial charge in [-0.15, -0.1) is 0 Å². The molecule has 39 heavy (non-hydrogen) atoms. The van der Waals surface area contributed by atoms with E-state index in [0.717, 1.165) is 36.1 Å². The highest BCUT2D eigenvalue weighted by atomic mass is 16.5. The van der Waals surface area contributed by atoms with Gasteiger partial charge in [-0.3, -0.25) is 14.3 Å². The van der Waals surface area contributed by atoms with Crippen molar-refractivity contribution in [1.82, 2.24) is 20.0 Å². The third-order valence-electron chi connectivity index (χ3n) is 7.85. The first-order chi connectivity index (χ1) is 18.9. The molecule has 5 rings (SSSR count). The lowest BCUT2D eigenvalue weighted by atomic mass is 9.92. The Morgan fingerprint density at radius 1 is 1.08 bits per heavy atom. The Morgan fingerprint density at radius 2 is 1.87 bits per heavy atom. The van der Waals surface area contributed by atoms with Crippen LogP contribution in [0.5, 0.6) is 11.5 Å². The van der Waals surface area contributed by atoms with Crippen LogP contribution in [-0.2, 0) is 17.9 Å². The first kappa shape index (κ1) is 26.5. The Balaban J connectivity index is 1.43. The molecule has 2 aliphatic rings. The summed E-state index contributed by atoms with van der Waals surface area (Å²) in [5.74, 6) is 1.06. The second-order valence-electron chi connectivity index (χ2n) is 10.4. The van der Waals surface area contributed by atoms with Crippen molar-refractivity contribution in [3.05, 3.63) is 77.5 Å². The molecule has 0 radical (unpaired) electrons. The van der Waals surface area contributed by atoms with Crippen LogP contribution in [0.15, 0.2) is 66.2 Å². The van der Waals surface area contributed by atoms with Crippen LogP contribution in [0.25, 0.3) is 11.3 Å². The maximum absolute atomic E-state index is 14.0. The summed E-state index contributed by atoms with van der Waals surface area (Å²) in [5.41, 5.74) is 3.20. The van der Waals surface area contributed by atoms with Gasteiger partial charge in [-0.2, -0.15) is 5.10 Å². The average molecular weight is 529 g/mol. The number of hydrogen-bond donors (Lipinski definition) is 1. The smallest absolute Gasteiger partial charge is 0.273 e. The van der Waals surface area contributed by atoms with E-state index in [9.17, 15) is 9.59 Å². The van der Waals surface area contributed by atoms with Gasteiger partial charge in [-0.25, -0.2) is 0 Å². The normalized spacial score (nSPS) is 18.8. The zero-order chi connectivity index (χ0) is 27.4. The molecule has 1 unspecified atom stereocenters. The molecule has 204 valence electrons. The first-order valence-corrected chi connectivity index (χ1v) is 13.6. The van der Waals surface area contributed by atoms with Crippen molar-refractivity contribution in [3.63, 3.8) is 0 Å². The van der Waals surface area contributed by atoms with Gasteiger partial charge in [0.05, 0.1) is 26.5 Å². The Kier molecular flexibility index (Phi) is 7.72. The predicted octanol–water partition coefficient (Wildman–Crippen LogP) is 4.99. The molecule has 0 fully saturated rings. The van der Waals surface area contributed by atoms with Crippen LogP contribution in [-0.4, -0.2) is 52.8 Å². The molecule has 0 saturated carbocycles. The molecule has 1 atom stereocenters. The number of fused-ring (bicyclic) bond motifs is 1. The van der Waals surface area contributed by atoms with E-state index in [-0.39, 0.29) is 18.4 Å². The van der Waals surface area contributed by atoms with Crippen molar-refractivity contribution < 1.29 is 19.1 Å². The lowest BCUT2D eigenvalue weighted by Gasteiger charge is -2.43. The third-order valence-corrected chi connectivity index (χ3v) is 7.85. The quantitative estimate of drug-likeness (QED) is 0.396. The van der Waals surface area contributed by atoms with Crippen LogP contribution < -0.4 is 14.8 Å².